The van der Waals surface area contributed by atoms with Gasteiger partial charge in [-0.25, -0.2) is 4.39 Å². The Morgan fingerprint density at radius 3 is 2.81 bits per heavy atom. The molecule has 3 heteroatoms. The Bertz CT molecular complexity index is 399. The van der Waals surface area contributed by atoms with Crippen LogP contribution < -0.4 is 5.32 Å². The summed E-state index contributed by atoms with van der Waals surface area (Å²) in [6.45, 7) is 2.46. The predicted octanol–water partition coefficient (Wildman–Crippen LogP) is 2.38. The van der Waals surface area contributed by atoms with Crippen LogP contribution in [0.15, 0.2) is 24.3 Å². The second kappa shape index (κ2) is 4.24. The Labute approximate surface area is 94.9 Å². The fourth-order valence-electron chi connectivity index (χ4n) is 1.93. The van der Waals surface area contributed by atoms with Crippen LogP contribution in [0.25, 0.3) is 0 Å². The van der Waals surface area contributed by atoms with Crippen LogP contribution in [-0.2, 0) is 10.2 Å². The van der Waals surface area contributed by atoms with Crippen molar-refractivity contribution in [1.29, 1.82) is 0 Å². The molecule has 2 rings (SSSR count). The maximum absolute atomic E-state index is 13.1. The normalized spacial score (nSPS) is 16.9. The van der Waals surface area contributed by atoms with Gasteiger partial charge in [0, 0.05) is 18.4 Å². The van der Waals surface area contributed by atoms with E-state index in [2.05, 4.69) is 5.32 Å². The van der Waals surface area contributed by atoms with E-state index in [-0.39, 0.29) is 17.1 Å². The van der Waals surface area contributed by atoms with E-state index in [0.29, 0.717) is 13.0 Å². The number of hydrogen-bond acceptors (Lipinski definition) is 1. The molecule has 0 unspecified atom stereocenters. The first kappa shape index (κ1) is 11.1. The monoisotopic (exact) mass is 221 g/mol. The van der Waals surface area contributed by atoms with Gasteiger partial charge >= 0.3 is 0 Å². The van der Waals surface area contributed by atoms with Gasteiger partial charge in [0.2, 0.25) is 5.91 Å². The Morgan fingerprint density at radius 2 is 2.25 bits per heavy atom. The first-order chi connectivity index (χ1) is 7.66. The maximum Gasteiger partial charge on any atom is 0.219 e. The van der Waals surface area contributed by atoms with Gasteiger partial charge in [-0.2, -0.15) is 0 Å². The van der Waals surface area contributed by atoms with E-state index in [4.69, 9.17) is 0 Å². The van der Waals surface area contributed by atoms with Crippen molar-refractivity contribution in [2.75, 3.05) is 6.54 Å². The van der Waals surface area contributed by atoms with Gasteiger partial charge in [0.05, 0.1) is 0 Å². The number of rotatable bonds is 4. The highest BCUT2D eigenvalue weighted by Gasteiger charge is 2.44. The summed E-state index contributed by atoms with van der Waals surface area (Å²) in [6.07, 6.45) is 2.56. The van der Waals surface area contributed by atoms with Crippen LogP contribution in [0.5, 0.6) is 0 Å². The molecule has 1 aromatic rings. The van der Waals surface area contributed by atoms with Crippen molar-refractivity contribution in [2.45, 2.75) is 31.6 Å². The molecule has 0 aliphatic heterocycles. The number of benzene rings is 1. The van der Waals surface area contributed by atoms with Gasteiger partial charge in [-0.3, -0.25) is 4.79 Å². The predicted molar refractivity (Wildman–Crippen MR) is 60.6 cm³/mol. The van der Waals surface area contributed by atoms with Crippen molar-refractivity contribution in [3.8, 4) is 0 Å². The first-order valence-corrected chi connectivity index (χ1v) is 5.69. The van der Waals surface area contributed by atoms with E-state index in [1.165, 1.54) is 6.07 Å². The van der Waals surface area contributed by atoms with Crippen molar-refractivity contribution in [3.05, 3.63) is 35.6 Å². The number of halogens is 1. The van der Waals surface area contributed by atoms with E-state index < -0.39 is 0 Å². The highest BCUT2D eigenvalue weighted by Crippen LogP contribution is 2.47. The van der Waals surface area contributed by atoms with Gasteiger partial charge in [0.15, 0.2) is 0 Å². The van der Waals surface area contributed by atoms with Crippen molar-refractivity contribution >= 4 is 5.91 Å². The molecule has 0 heterocycles. The SMILES string of the molecule is CCC(=O)NCC1(c2cccc(F)c2)CC1. The average molecular weight is 221 g/mol. The smallest absolute Gasteiger partial charge is 0.219 e. The molecule has 0 bridgehead atoms. The lowest BCUT2D eigenvalue weighted by molar-refractivity contribution is -0.120. The minimum Gasteiger partial charge on any atom is -0.355 e. The van der Waals surface area contributed by atoms with Crippen molar-refractivity contribution < 1.29 is 9.18 Å². The summed E-state index contributed by atoms with van der Waals surface area (Å²) in [5, 5.41) is 2.89. The van der Waals surface area contributed by atoms with Gasteiger partial charge < -0.3 is 5.32 Å². The highest BCUT2D eigenvalue weighted by molar-refractivity contribution is 5.75. The lowest BCUT2D eigenvalue weighted by Gasteiger charge is -2.16. The standard InChI is InChI=1S/C13H16FNO/c1-2-12(16)15-9-13(6-7-13)10-4-3-5-11(14)8-10/h3-5,8H,2,6-7,9H2,1H3,(H,15,16). The lowest BCUT2D eigenvalue weighted by atomic mass is 9.96. The van der Waals surface area contributed by atoms with Gasteiger partial charge in [-0.1, -0.05) is 19.1 Å². The minimum absolute atomic E-state index is 0.00701. The van der Waals surface area contributed by atoms with Crippen molar-refractivity contribution in [3.63, 3.8) is 0 Å². The van der Waals surface area contributed by atoms with Crippen LogP contribution >= 0.6 is 0 Å². The average Bonchev–Trinajstić information content (AvgIpc) is 3.07. The summed E-state index contributed by atoms with van der Waals surface area (Å²) in [6, 6.07) is 6.69. The van der Waals surface area contributed by atoms with Gasteiger partial charge in [-0.05, 0) is 30.5 Å². The number of nitrogens with one attached hydrogen (secondary N) is 1. The summed E-state index contributed by atoms with van der Waals surface area (Å²) >= 11 is 0. The van der Waals surface area contributed by atoms with Crippen LogP contribution in [0, 0.1) is 5.82 Å². The van der Waals surface area contributed by atoms with E-state index >= 15 is 0 Å². The number of amides is 1. The lowest BCUT2D eigenvalue weighted by Crippen LogP contribution is -2.31. The zero-order chi connectivity index (χ0) is 11.6. The summed E-state index contributed by atoms with van der Waals surface area (Å²) in [7, 11) is 0. The van der Waals surface area contributed by atoms with Crippen LogP contribution in [-0.4, -0.2) is 12.5 Å². The summed E-state index contributed by atoms with van der Waals surface area (Å²) in [5.41, 5.74) is 0.997. The van der Waals surface area contributed by atoms with Gasteiger partial charge in [-0.15, -0.1) is 0 Å². The topological polar surface area (TPSA) is 29.1 Å². The summed E-state index contributed by atoms with van der Waals surface area (Å²) < 4.78 is 13.1. The Hall–Kier alpha value is -1.38. The van der Waals surface area contributed by atoms with Gasteiger partial charge in [0.25, 0.3) is 0 Å². The second-order valence-electron chi connectivity index (χ2n) is 4.42. The third-order valence-electron chi connectivity index (χ3n) is 3.24. The quantitative estimate of drug-likeness (QED) is 0.831. The zero-order valence-electron chi connectivity index (χ0n) is 9.42. The molecule has 1 fully saturated rings. The molecule has 0 radical (unpaired) electrons. The summed E-state index contributed by atoms with van der Waals surface area (Å²) in [5.74, 6) is -0.145. The molecular weight excluding hydrogens is 205 g/mol. The molecule has 16 heavy (non-hydrogen) atoms. The van der Waals surface area contributed by atoms with Crippen molar-refractivity contribution in [1.82, 2.24) is 5.32 Å². The fraction of sp³-hybridized carbons (Fsp3) is 0.462. The molecule has 1 aromatic carbocycles. The molecule has 1 saturated carbocycles. The molecule has 86 valence electrons. The highest BCUT2D eigenvalue weighted by atomic mass is 19.1. The molecule has 0 saturated heterocycles. The van der Waals surface area contributed by atoms with E-state index in [0.717, 1.165) is 18.4 Å². The van der Waals surface area contributed by atoms with Gasteiger partial charge in [0.1, 0.15) is 5.82 Å². The van der Waals surface area contributed by atoms with E-state index in [1.807, 2.05) is 13.0 Å². The molecule has 1 aliphatic rings. The fourth-order valence-corrected chi connectivity index (χ4v) is 1.93. The van der Waals surface area contributed by atoms with Crippen molar-refractivity contribution in [2.24, 2.45) is 0 Å². The molecule has 0 atom stereocenters. The molecule has 0 aromatic heterocycles. The Kier molecular flexibility index (Phi) is 2.95. The van der Waals surface area contributed by atoms with Crippen LogP contribution in [0.3, 0.4) is 0 Å². The molecule has 0 spiro atoms. The summed E-state index contributed by atoms with van der Waals surface area (Å²) in [4.78, 5) is 11.2. The Morgan fingerprint density at radius 1 is 1.50 bits per heavy atom. The molecular formula is C13H16FNO. The number of hydrogen-bond donors (Lipinski definition) is 1. The molecule has 1 amide bonds. The largest absolute Gasteiger partial charge is 0.355 e. The first-order valence-electron chi connectivity index (χ1n) is 5.69. The van der Waals surface area contributed by atoms with Crippen LogP contribution in [0.4, 0.5) is 4.39 Å². The Balaban J connectivity index is 2.05. The third-order valence-corrected chi connectivity index (χ3v) is 3.24. The van der Waals surface area contributed by atoms with Crippen LogP contribution in [0.2, 0.25) is 0 Å². The molecule has 2 nitrogen and oxygen atoms in total. The number of carbonyl (C=O) groups excluding carboxylic acids is 1. The van der Waals surface area contributed by atoms with E-state index in [1.54, 1.807) is 12.1 Å². The maximum atomic E-state index is 13.1. The number of carbonyl (C=O) groups is 1. The third kappa shape index (κ3) is 2.23. The van der Waals surface area contributed by atoms with E-state index in [9.17, 15) is 9.18 Å². The van der Waals surface area contributed by atoms with Crippen LogP contribution in [0.1, 0.15) is 31.7 Å². The second-order valence-corrected chi connectivity index (χ2v) is 4.42. The minimum atomic E-state index is -0.203. The molecule has 1 N–H and O–H groups in total. The zero-order valence-corrected chi connectivity index (χ0v) is 9.42. The molecule has 1 aliphatic carbocycles.